The van der Waals surface area contributed by atoms with E-state index < -0.39 is 0 Å². The molecular formula is C63H38N6O. The van der Waals surface area contributed by atoms with Crippen molar-refractivity contribution in [3.63, 3.8) is 0 Å². The molecule has 7 nitrogen and oxygen atoms in total. The second-order valence-electron chi connectivity index (χ2n) is 18.0. The molecule has 5 aromatic heterocycles. The highest BCUT2D eigenvalue weighted by molar-refractivity contribution is 6.22. The molecule has 0 fully saturated rings. The summed E-state index contributed by atoms with van der Waals surface area (Å²) in [6.07, 6.45) is 0. The van der Waals surface area contributed by atoms with Gasteiger partial charge in [0.1, 0.15) is 11.2 Å². The SMILES string of the molecule is c1ccc(-c2nc(-c3ccccc3)nc(-c3ccc(-n4c5ccc(-n6c7ccccc7c7ccccc76)cc5c5cc6c7ccccc7n(-c7ccccc7)c6cc54)c4c3oc3ccccc34)n2)cc1. The van der Waals surface area contributed by atoms with E-state index in [1.807, 2.05) is 72.8 Å². The van der Waals surface area contributed by atoms with Crippen molar-refractivity contribution in [1.29, 1.82) is 0 Å². The molecule has 0 saturated heterocycles. The van der Waals surface area contributed by atoms with E-state index in [2.05, 4.69) is 171 Å². The maximum absolute atomic E-state index is 7.01. The fraction of sp³-hybridized carbons (Fsp3) is 0. The van der Waals surface area contributed by atoms with Gasteiger partial charge in [0.15, 0.2) is 17.5 Å². The first-order chi connectivity index (χ1) is 34.7. The molecule has 0 radical (unpaired) electrons. The summed E-state index contributed by atoms with van der Waals surface area (Å²) in [6.45, 7) is 0. The van der Waals surface area contributed by atoms with Gasteiger partial charge in [-0.3, -0.25) is 0 Å². The third-order valence-corrected chi connectivity index (χ3v) is 14.1. The number of aromatic nitrogens is 6. The third kappa shape index (κ3) is 5.66. The Morgan fingerprint density at radius 3 is 1.41 bits per heavy atom. The van der Waals surface area contributed by atoms with Gasteiger partial charge in [-0.1, -0.05) is 152 Å². The zero-order valence-corrected chi connectivity index (χ0v) is 37.5. The minimum absolute atomic E-state index is 0.537. The lowest BCUT2D eigenvalue weighted by atomic mass is 10.1. The smallest absolute Gasteiger partial charge is 0.167 e. The van der Waals surface area contributed by atoms with Gasteiger partial charge in [0.25, 0.3) is 0 Å². The molecule has 0 aliphatic rings. The fourth-order valence-electron chi connectivity index (χ4n) is 11.0. The van der Waals surface area contributed by atoms with Gasteiger partial charge in [0, 0.05) is 60.2 Å². The first kappa shape index (κ1) is 38.5. The van der Waals surface area contributed by atoms with Gasteiger partial charge in [-0.05, 0) is 78.9 Å². The molecule has 0 spiro atoms. The summed E-state index contributed by atoms with van der Waals surface area (Å²) in [5.41, 5.74) is 14.1. The molecule has 5 heterocycles. The van der Waals surface area contributed by atoms with Crippen LogP contribution in [-0.4, -0.2) is 28.7 Å². The normalized spacial score (nSPS) is 12.0. The van der Waals surface area contributed by atoms with E-state index in [1.54, 1.807) is 0 Å². The summed E-state index contributed by atoms with van der Waals surface area (Å²) in [6, 6.07) is 81.5. The number of rotatable bonds is 6. The Bertz CT molecular complexity index is 4470. The van der Waals surface area contributed by atoms with Crippen LogP contribution in [0.15, 0.2) is 235 Å². The predicted molar refractivity (Wildman–Crippen MR) is 286 cm³/mol. The molecule has 326 valence electrons. The first-order valence-corrected chi connectivity index (χ1v) is 23.6. The Balaban J connectivity index is 1.06. The van der Waals surface area contributed by atoms with Crippen molar-refractivity contribution in [1.82, 2.24) is 28.7 Å². The maximum atomic E-state index is 7.01. The zero-order chi connectivity index (χ0) is 45.9. The summed E-state index contributed by atoms with van der Waals surface area (Å²) in [5, 5.41) is 9.15. The van der Waals surface area contributed by atoms with E-state index in [-0.39, 0.29) is 0 Å². The molecular weight excluding hydrogens is 857 g/mol. The molecule has 7 heteroatoms. The standard InChI is InChI=1S/C63H38N6O/c1-4-18-39(19-5-1)61-64-62(40-20-6-2-7-21-40)66-63(65-61)47-33-35-55(59-46-27-13-17-31-58(46)70-60(47)59)69-54-34-32-42(68-51-28-14-10-24-43(51)44-25-11-15-29-52(44)68)36-48(54)50-37-49-45-26-12-16-30-53(45)67(56(49)38-57(50)69)41-22-8-3-9-23-41/h1-38H. The highest BCUT2D eigenvalue weighted by atomic mass is 16.3. The molecule has 0 unspecified atom stereocenters. The van der Waals surface area contributed by atoms with Gasteiger partial charge >= 0.3 is 0 Å². The van der Waals surface area contributed by atoms with E-state index in [9.17, 15) is 0 Å². The monoisotopic (exact) mass is 894 g/mol. The summed E-state index contributed by atoms with van der Waals surface area (Å²) in [4.78, 5) is 15.4. The van der Waals surface area contributed by atoms with Gasteiger partial charge in [-0.25, -0.2) is 15.0 Å². The Morgan fingerprint density at radius 2 is 0.771 bits per heavy atom. The van der Waals surface area contributed by atoms with Crippen LogP contribution in [0.5, 0.6) is 0 Å². The van der Waals surface area contributed by atoms with Gasteiger partial charge < -0.3 is 18.1 Å². The highest BCUT2D eigenvalue weighted by Crippen LogP contribution is 2.45. The fourth-order valence-corrected chi connectivity index (χ4v) is 11.0. The Morgan fingerprint density at radius 1 is 0.300 bits per heavy atom. The quantitative estimate of drug-likeness (QED) is 0.167. The number of benzene rings is 10. The van der Waals surface area contributed by atoms with Crippen LogP contribution in [0.4, 0.5) is 0 Å². The average Bonchev–Trinajstić information content (AvgIpc) is 4.17. The van der Waals surface area contributed by atoms with Crippen molar-refractivity contribution in [3.05, 3.63) is 231 Å². The number of nitrogens with zero attached hydrogens (tertiary/aromatic N) is 6. The van der Waals surface area contributed by atoms with Crippen LogP contribution in [0.3, 0.4) is 0 Å². The van der Waals surface area contributed by atoms with Crippen LogP contribution in [0.25, 0.3) is 139 Å². The van der Waals surface area contributed by atoms with Crippen LogP contribution in [0, 0.1) is 0 Å². The van der Waals surface area contributed by atoms with Crippen LogP contribution in [0.1, 0.15) is 0 Å². The van der Waals surface area contributed by atoms with Crippen molar-refractivity contribution in [2.75, 3.05) is 0 Å². The van der Waals surface area contributed by atoms with Crippen molar-refractivity contribution in [2.24, 2.45) is 0 Å². The maximum Gasteiger partial charge on any atom is 0.167 e. The molecule has 0 bridgehead atoms. The van der Waals surface area contributed by atoms with Crippen molar-refractivity contribution < 1.29 is 4.42 Å². The molecule has 15 aromatic rings. The first-order valence-electron chi connectivity index (χ1n) is 23.6. The van der Waals surface area contributed by atoms with Crippen molar-refractivity contribution in [2.45, 2.75) is 0 Å². The van der Waals surface area contributed by atoms with Crippen LogP contribution in [0.2, 0.25) is 0 Å². The molecule has 10 aromatic carbocycles. The minimum atomic E-state index is 0.537. The van der Waals surface area contributed by atoms with E-state index in [4.69, 9.17) is 19.4 Å². The molecule has 0 atom stereocenters. The van der Waals surface area contributed by atoms with Crippen LogP contribution < -0.4 is 0 Å². The highest BCUT2D eigenvalue weighted by Gasteiger charge is 2.25. The van der Waals surface area contributed by atoms with E-state index >= 15 is 0 Å². The van der Waals surface area contributed by atoms with Gasteiger partial charge in [-0.15, -0.1) is 0 Å². The molecule has 15 rings (SSSR count). The largest absolute Gasteiger partial charge is 0.455 e. The Kier molecular flexibility index (Phi) is 8.23. The molecule has 70 heavy (non-hydrogen) atoms. The lowest BCUT2D eigenvalue weighted by molar-refractivity contribution is 0.669. The van der Waals surface area contributed by atoms with Crippen LogP contribution in [-0.2, 0) is 0 Å². The lowest BCUT2D eigenvalue weighted by Crippen LogP contribution is -2.01. The van der Waals surface area contributed by atoms with E-state index in [1.165, 1.54) is 32.6 Å². The molecule has 0 amide bonds. The third-order valence-electron chi connectivity index (χ3n) is 14.1. The molecule has 0 aliphatic carbocycles. The minimum Gasteiger partial charge on any atom is -0.455 e. The summed E-state index contributed by atoms with van der Waals surface area (Å²) < 4.78 is 14.3. The summed E-state index contributed by atoms with van der Waals surface area (Å²) in [5.74, 6) is 1.73. The predicted octanol–water partition coefficient (Wildman–Crippen LogP) is 16.1. The Hall–Kier alpha value is -9.59. The van der Waals surface area contributed by atoms with E-state index in [0.717, 1.165) is 82.9 Å². The molecule has 0 N–H and O–H groups in total. The van der Waals surface area contributed by atoms with Gasteiger partial charge in [0.05, 0.1) is 49.7 Å². The molecule has 0 saturated carbocycles. The summed E-state index contributed by atoms with van der Waals surface area (Å²) in [7, 11) is 0. The van der Waals surface area contributed by atoms with Crippen LogP contribution >= 0.6 is 0 Å². The van der Waals surface area contributed by atoms with Gasteiger partial charge in [-0.2, -0.15) is 0 Å². The summed E-state index contributed by atoms with van der Waals surface area (Å²) >= 11 is 0. The number of furan rings is 1. The van der Waals surface area contributed by atoms with Crippen molar-refractivity contribution in [3.8, 4) is 51.2 Å². The number of fused-ring (bicyclic) bond motifs is 12. The second kappa shape index (κ2) is 15.0. The second-order valence-corrected chi connectivity index (χ2v) is 18.0. The molecule has 0 aliphatic heterocycles. The number of hydrogen-bond donors (Lipinski definition) is 0. The lowest BCUT2D eigenvalue weighted by Gasteiger charge is -2.14. The van der Waals surface area contributed by atoms with Crippen molar-refractivity contribution >= 4 is 87.4 Å². The average molecular weight is 895 g/mol. The zero-order valence-electron chi connectivity index (χ0n) is 37.5. The topological polar surface area (TPSA) is 66.6 Å². The number of para-hydroxylation sites is 5. The van der Waals surface area contributed by atoms with E-state index in [0.29, 0.717) is 23.1 Å². The Labute approximate surface area is 400 Å². The van der Waals surface area contributed by atoms with Gasteiger partial charge in [0.2, 0.25) is 0 Å². The number of hydrogen-bond acceptors (Lipinski definition) is 4.